The number of nitrogens with one attached hydrogen (secondary N) is 2. The van der Waals surface area contributed by atoms with Crippen molar-refractivity contribution in [2.75, 3.05) is 6.54 Å². The van der Waals surface area contributed by atoms with Gasteiger partial charge in [-0.15, -0.1) is 0 Å². The highest BCUT2D eigenvalue weighted by Gasteiger charge is 2.16. The SMILES string of the molecule is O=C(CCNC(=O)c1ccc(F)cc1F)NC(Cc1ccccc1)c1ccccc1. The Morgan fingerprint density at radius 2 is 1.53 bits per heavy atom. The van der Waals surface area contributed by atoms with Gasteiger partial charge >= 0.3 is 0 Å². The Morgan fingerprint density at radius 1 is 0.867 bits per heavy atom. The zero-order valence-electron chi connectivity index (χ0n) is 16.3. The molecule has 0 aliphatic carbocycles. The lowest BCUT2D eigenvalue weighted by molar-refractivity contribution is -0.121. The summed E-state index contributed by atoms with van der Waals surface area (Å²) in [7, 11) is 0. The number of carbonyl (C=O) groups is 2. The lowest BCUT2D eigenvalue weighted by Crippen LogP contribution is -2.34. The van der Waals surface area contributed by atoms with Crippen molar-refractivity contribution in [1.29, 1.82) is 0 Å². The topological polar surface area (TPSA) is 58.2 Å². The highest BCUT2D eigenvalue weighted by molar-refractivity contribution is 5.94. The lowest BCUT2D eigenvalue weighted by Gasteiger charge is -2.20. The maximum Gasteiger partial charge on any atom is 0.254 e. The Balaban J connectivity index is 1.57. The Labute approximate surface area is 173 Å². The van der Waals surface area contributed by atoms with E-state index in [-0.39, 0.29) is 30.5 Å². The molecule has 6 heteroatoms. The minimum Gasteiger partial charge on any atom is -0.351 e. The van der Waals surface area contributed by atoms with Crippen molar-refractivity contribution in [3.63, 3.8) is 0 Å². The second-order valence-corrected chi connectivity index (χ2v) is 6.85. The molecule has 3 rings (SSSR count). The van der Waals surface area contributed by atoms with Crippen LogP contribution in [0.5, 0.6) is 0 Å². The monoisotopic (exact) mass is 408 g/mol. The fourth-order valence-electron chi connectivity index (χ4n) is 3.11. The summed E-state index contributed by atoms with van der Waals surface area (Å²) in [6.07, 6.45) is 0.663. The zero-order chi connectivity index (χ0) is 21.3. The van der Waals surface area contributed by atoms with E-state index >= 15 is 0 Å². The van der Waals surface area contributed by atoms with Gasteiger partial charge in [0.1, 0.15) is 11.6 Å². The lowest BCUT2D eigenvalue weighted by atomic mass is 9.98. The van der Waals surface area contributed by atoms with Crippen molar-refractivity contribution in [2.24, 2.45) is 0 Å². The summed E-state index contributed by atoms with van der Waals surface area (Å²) >= 11 is 0. The third kappa shape index (κ3) is 5.98. The van der Waals surface area contributed by atoms with Crippen LogP contribution in [0.1, 0.15) is 33.9 Å². The van der Waals surface area contributed by atoms with E-state index in [1.807, 2.05) is 60.7 Å². The Hall–Kier alpha value is -3.54. The van der Waals surface area contributed by atoms with E-state index in [1.165, 1.54) is 0 Å². The van der Waals surface area contributed by atoms with Crippen LogP contribution in [0.2, 0.25) is 0 Å². The Bertz CT molecular complexity index is 995. The molecule has 0 heterocycles. The largest absolute Gasteiger partial charge is 0.351 e. The van der Waals surface area contributed by atoms with Crippen LogP contribution >= 0.6 is 0 Å². The van der Waals surface area contributed by atoms with E-state index in [9.17, 15) is 18.4 Å². The fraction of sp³-hybridized carbons (Fsp3) is 0.167. The molecular formula is C24H22F2N2O2. The van der Waals surface area contributed by atoms with Gasteiger partial charge in [0.25, 0.3) is 5.91 Å². The third-order valence-electron chi connectivity index (χ3n) is 4.63. The number of benzene rings is 3. The molecule has 0 saturated heterocycles. The molecule has 0 radical (unpaired) electrons. The molecule has 1 atom stereocenters. The van der Waals surface area contributed by atoms with E-state index < -0.39 is 17.5 Å². The van der Waals surface area contributed by atoms with E-state index in [4.69, 9.17) is 0 Å². The Kier molecular flexibility index (Phi) is 7.27. The zero-order valence-corrected chi connectivity index (χ0v) is 16.3. The number of amides is 2. The normalized spacial score (nSPS) is 11.5. The Morgan fingerprint density at radius 3 is 2.20 bits per heavy atom. The average Bonchev–Trinajstić information content (AvgIpc) is 2.74. The molecule has 0 fully saturated rings. The molecular weight excluding hydrogens is 386 g/mol. The first-order valence-corrected chi connectivity index (χ1v) is 9.64. The highest BCUT2D eigenvalue weighted by atomic mass is 19.1. The van der Waals surface area contributed by atoms with Crippen molar-refractivity contribution in [1.82, 2.24) is 10.6 Å². The first-order valence-electron chi connectivity index (χ1n) is 9.64. The summed E-state index contributed by atoms with van der Waals surface area (Å²) in [5.74, 6) is -2.62. The maximum atomic E-state index is 13.7. The molecule has 0 aromatic heterocycles. The van der Waals surface area contributed by atoms with E-state index in [2.05, 4.69) is 10.6 Å². The van der Waals surface area contributed by atoms with Gasteiger partial charge in [-0.2, -0.15) is 0 Å². The molecule has 2 N–H and O–H groups in total. The summed E-state index contributed by atoms with van der Waals surface area (Å²) in [5.41, 5.74) is 1.81. The number of hydrogen-bond acceptors (Lipinski definition) is 2. The van der Waals surface area contributed by atoms with Crippen LogP contribution < -0.4 is 10.6 Å². The van der Waals surface area contributed by atoms with Crippen molar-refractivity contribution >= 4 is 11.8 Å². The van der Waals surface area contributed by atoms with E-state index in [1.54, 1.807) is 0 Å². The predicted octanol–water partition coefficient (Wildman–Crippen LogP) is 4.18. The van der Waals surface area contributed by atoms with Crippen LogP contribution in [0.15, 0.2) is 78.9 Å². The third-order valence-corrected chi connectivity index (χ3v) is 4.63. The number of halogens is 2. The molecule has 2 amide bonds. The van der Waals surface area contributed by atoms with Crippen LogP contribution in [0.4, 0.5) is 8.78 Å². The van der Waals surface area contributed by atoms with Gasteiger partial charge in [0.15, 0.2) is 0 Å². The maximum absolute atomic E-state index is 13.7. The molecule has 30 heavy (non-hydrogen) atoms. The summed E-state index contributed by atoms with van der Waals surface area (Å²) in [6.45, 7) is 0.0360. The minimum absolute atomic E-state index is 0.0344. The minimum atomic E-state index is -0.941. The van der Waals surface area contributed by atoms with Gasteiger partial charge in [0.2, 0.25) is 5.91 Å². The number of carbonyl (C=O) groups excluding carboxylic acids is 2. The van der Waals surface area contributed by atoms with E-state index in [0.29, 0.717) is 12.5 Å². The number of rotatable bonds is 8. The molecule has 0 saturated carbocycles. The van der Waals surface area contributed by atoms with Gasteiger partial charge in [-0.05, 0) is 29.7 Å². The molecule has 3 aromatic rings. The van der Waals surface area contributed by atoms with Crippen molar-refractivity contribution in [3.05, 3.63) is 107 Å². The van der Waals surface area contributed by atoms with Crippen molar-refractivity contribution in [2.45, 2.75) is 18.9 Å². The van der Waals surface area contributed by atoms with Crippen molar-refractivity contribution in [3.8, 4) is 0 Å². The summed E-state index contributed by atoms with van der Waals surface area (Å²) in [4.78, 5) is 24.5. The molecule has 154 valence electrons. The van der Waals surface area contributed by atoms with Crippen LogP contribution in [-0.4, -0.2) is 18.4 Å². The first-order chi connectivity index (χ1) is 14.5. The summed E-state index contributed by atoms with van der Waals surface area (Å²) in [5, 5.41) is 5.49. The smallest absolute Gasteiger partial charge is 0.254 e. The van der Waals surface area contributed by atoms with Gasteiger partial charge in [0.05, 0.1) is 11.6 Å². The fourth-order valence-corrected chi connectivity index (χ4v) is 3.11. The molecule has 0 spiro atoms. The second kappa shape index (κ2) is 10.3. The van der Waals surface area contributed by atoms with Gasteiger partial charge in [-0.1, -0.05) is 60.7 Å². The summed E-state index contributed by atoms with van der Waals surface area (Å²) < 4.78 is 26.6. The molecule has 1 unspecified atom stereocenters. The molecule has 0 bridgehead atoms. The van der Waals surface area contributed by atoms with Crippen LogP contribution in [0, 0.1) is 11.6 Å². The second-order valence-electron chi connectivity index (χ2n) is 6.85. The van der Waals surface area contributed by atoms with Gasteiger partial charge in [0, 0.05) is 19.0 Å². The summed E-state index contributed by atoms with van der Waals surface area (Å²) in [6, 6.07) is 22.0. The van der Waals surface area contributed by atoms with Crippen LogP contribution in [0.25, 0.3) is 0 Å². The quantitative estimate of drug-likeness (QED) is 0.587. The van der Waals surface area contributed by atoms with E-state index in [0.717, 1.165) is 23.3 Å². The number of hydrogen-bond donors (Lipinski definition) is 2. The predicted molar refractivity (Wildman–Crippen MR) is 111 cm³/mol. The van der Waals surface area contributed by atoms with Gasteiger partial charge in [-0.25, -0.2) is 8.78 Å². The van der Waals surface area contributed by atoms with Crippen LogP contribution in [-0.2, 0) is 11.2 Å². The highest BCUT2D eigenvalue weighted by Crippen LogP contribution is 2.18. The van der Waals surface area contributed by atoms with Crippen molar-refractivity contribution < 1.29 is 18.4 Å². The molecule has 0 aliphatic rings. The first kappa shape index (κ1) is 21.2. The van der Waals surface area contributed by atoms with Gasteiger partial charge in [-0.3, -0.25) is 9.59 Å². The molecule has 3 aromatic carbocycles. The van der Waals surface area contributed by atoms with Crippen LogP contribution in [0.3, 0.4) is 0 Å². The van der Waals surface area contributed by atoms with Gasteiger partial charge < -0.3 is 10.6 Å². The molecule has 4 nitrogen and oxygen atoms in total. The standard InChI is InChI=1S/C24H22F2N2O2/c25-19-11-12-20(21(26)16-19)24(30)27-14-13-23(29)28-22(18-9-5-2-6-10-18)15-17-7-3-1-4-8-17/h1-12,16,22H,13-15H2,(H,27,30)(H,28,29). The average molecular weight is 408 g/mol. The molecule has 0 aliphatic heterocycles.